The maximum atomic E-state index is 6.57. The average molecular weight is 885 g/mol. The molecule has 14 aromatic rings. The van der Waals surface area contributed by atoms with Crippen molar-refractivity contribution in [2.75, 3.05) is 4.90 Å². The van der Waals surface area contributed by atoms with E-state index >= 15 is 0 Å². The summed E-state index contributed by atoms with van der Waals surface area (Å²) in [4.78, 5) is 2.41. The smallest absolute Gasteiger partial charge is 0.143 e. The number of thiophene rings is 1. The molecule has 0 saturated carbocycles. The Kier molecular flexibility index (Phi) is 8.76. The minimum atomic E-state index is 0.885. The zero-order valence-electron chi connectivity index (χ0n) is 36.8. The molecule has 0 fully saturated rings. The number of benzene rings is 11. The zero-order chi connectivity index (χ0) is 44.7. The van der Waals surface area contributed by atoms with Crippen LogP contribution in [-0.4, -0.2) is 4.57 Å². The molecule has 3 heterocycles. The standard InChI is InChI=1S/C64H40N2OS/c1-2-17-49-41(14-1)32-38-54-56-40-44(33-39-61(56)67-63(49)54)48-16-4-8-23-57(48)65(46-36-30-43(31-37-46)50-21-13-22-55-53-20-7-12-27-62(53)68-64(50)55)45-34-28-42(29-35-45)47-15-3-9-24-58(47)66-59-25-10-5-18-51(59)52-19-6-11-26-60(52)66/h1-40H. The van der Waals surface area contributed by atoms with Crippen molar-refractivity contribution in [1.82, 2.24) is 4.57 Å². The molecule has 14 rings (SSSR count). The first-order valence-electron chi connectivity index (χ1n) is 23.2. The number of nitrogens with zero attached hydrogens (tertiary/aromatic N) is 2. The summed E-state index contributed by atoms with van der Waals surface area (Å²) in [6.45, 7) is 0. The Morgan fingerprint density at radius 3 is 1.71 bits per heavy atom. The molecule has 318 valence electrons. The van der Waals surface area contributed by atoms with Gasteiger partial charge in [-0.3, -0.25) is 0 Å². The molecule has 0 unspecified atom stereocenters. The number of aromatic nitrogens is 1. The van der Waals surface area contributed by atoms with Crippen molar-refractivity contribution < 1.29 is 4.42 Å². The van der Waals surface area contributed by atoms with Crippen molar-refractivity contribution in [2.24, 2.45) is 0 Å². The van der Waals surface area contributed by atoms with Gasteiger partial charge in [0.15, 0.2) is 0 Å². The normalized spacial score (nSPS) is 11.8. The van der Waals surface area contributed by atoms with Crippen LogP contribution < -0.4 is 4.90 Å². The predicted molar refractivity (Wildman–Crippen MR) is 289 cm³/mol. The van der Waals surface area contributed by atoms with Crippen molar-refractivity contribution in [3.63, 3.8) is 0 Å². The monoisotopic (exact) mass is 884 g/mol. The van der Waals surface area contributed by atoms with E-state index in [1.54, 1.807) is 0 Å². The van der Waals surface area contributed by atoms with Crippen molar-refractivity contribution in [3.05, 3.63) is 243 Å². The van der Waals surface area contributed by atoms with E-state index in [0.29, 0.717) is 0 Å². The first-order chi connectivity index (χ1) is 33.7. The van der Waals surface area contributed by atoms with Crippen LogP contribution in [0, 0.1) is 0 Å². The zero-order valence-corrected chi connectivity index (χ0v) is 37.6. The Labute approximate surface area is 396 Å². The largest absolute Gasteiger partial charge is 0.455 e. The molecule has 0 aliphatic carbocycles. The van der Waals surface area contributed by atoms with Crippen molar-refractivity contribution in [1.29, 1.82) is 0 Å². The average Bonchev–Trinajstić information content (AvgIpc) is 4.09. The molecule has 0 aliphatic rings. The summed E-state index contributed by atoms with van der Waals surface area (Å²) < 4.78 is 11.6. The molecular weight excluding hydrogens is 845 g/mol. The third-order valence-electron chi connectivity index (χ3n) is 13.8. The minimum Gasteiger partial charge on any atom is -0.455 e. The van der Waals surface area contributed by atoms with E-state index < -0.39 is 0 Å². The van der Waals surface area contributed by atoms with Crippen LogP contribution >= 0.6 is 11.3 Å². The third kappa shape index (κ3) is 6.05. The number of furan rings is 1. The summed E-state index contributed by atoms with van der Waals surface area (Å²) in [7, 11) is 0. The van der Waals surface area contributed by atoms with E-state index in [4.69, 9.17) is 4.42 Å². The molecule has 0 aliphatic heterocycles. The molecule has 0 amide bonds. The Bertz CT molecular complexity index is 4210. The van der Waals surface area contributed by atoms with Crippen LogP contribution in [-0.2, 0) is 0 Å². The fraction of sp³-hybridized carbons (Fsp3) is 0. The van der Waals surface area contributed by atoms with Crippen LogP contribution in [0.5, 0.6) is 0 Å². The molecule has 3 nitrogen and oxygen atoms in total. The quantitative estimate of drug-likeness (QED) is 0.159. The predicted octanol–water partition coefficient (Wildman–Crippen LogP) is 18.7. The van der Waals surface area contributed by atoms with Gasteiger partial charge in [-0.2, -0.15) is 0 Å². The summed E-state index contributed by atoms with van der Waals surface area (Å²) in [5, 5.41) is 9.65. The molecule has 0 radical (unpaired) electrons. The van der Waals surface area contributed by atoms with E-state index in [9.17, 15) is 0 Å². The highest BCUT2D eigenvalue weighted by atomic mass is 32.1. The van der Waals surface area contributed by atoms with Crippen LogP contribution in [0.2, 0.25) is 0 Å². The number of fused-ring (bicyclic) bond motifs is 11. The summed E-state index contributed by atoms with van der Waals surface area (Å²) in [5.74, 6) is 0. The molecule has 0 spiro atoms. The maximum Gasteiger partial charge on any atom is 0.143 e. The van der Waals surface area contributed by atoms with Gasteiger partial charge in [0, 0.05) is 69.6 Å². The Morgan fingerprint density at radius 1 is 0.368 bits per heavy atom. The van der Waals surface area contributed by atoms with E-state index in [1.807, 2.05) is 11.3 Å². The van der Waals surface area contributed by atoms with Gasteiger partial charge < -0.3 is 13.9 Å². The number of rotatable bonds is 7. The summed E-state index contributed by atoms with van der Waals surface area (Å²) in [6, 6.07) is 88.2. The molecule has 0 bridgehead atoms. The van der Waals surface area contributed by atoms with Gasteiger partial charge in [0.1, 0.15) is 11.2 Å². The van der Waals surface area contributed by atoms with Crippen molar-refractivity contribution >= 4 is 103 Å². The van der Waals surface area contributed by atoms with Crippen molar-refractivity contribution in [3.8, 4) is 39.1 Å². The lowest BCUT2D eigenvalue weighted by atomic mass is 9.98. The highest BCUT2D eigenvalue weighted by molar-refractivity contribution is 7.26. The lowest BCUT2D eigenvalue weighted by molar-refractivity contribution is 0.672. The lowest BCUT2D eigenvalue weighted by Gasteiger charge is -2.28. The van der Waals surface area contributed by atoms with Crippen LogP contribution in [0.1, 0.15) is 0 Å². The third-order valence-corrected chi connectivity index (χ3v) is 15.0. The van der Waals surface area contributed by atoms with Gasteiger partial charge in [0.05, 0.1) is 22.4 Å². The SMILES string of the molecule is c1ccc(N(c2ccc(-c3ccccc3-n3c4ccccc4c4ccccc43)cc2)c2ccc(-c3cccc4c3sc3ccccc34)cc2)c(-c2ccc3oc4c5ccccc5ccc4c3c2)c1. The molecule has 68 heavy (non-hydrogen) atoms. The van der Waals surface area contributed by atoms with Crippen LogP contribution in [0.25, 0.3) is 114 Å². The second-order valence-electron chi connectivity index (χ2n) is 17.6. The van der Waals surface area contributed by atoms with Gasteiger partial charge in [-0.25, -0.2) is 0 Å². The molecule has 11 aromatic carbocycles. The van der Waals surface area contributed by atoms with Crippen LogP contribution in [0.3, 0.4) is 0 Å². The minimum absolute atomic E-state index is 0.885. The van der Waals surface area contributed by atoms with E-state index in [2.05, 4.69) is 252 Å². The summed E-state index contributed by atoms with van der Waals surface area (Å²) in [5.41, 5.74) is 15.6. The summed E-state index contributed by atoms with van der Waals surface area (Å²) >= 11 is 1.87. The second kappa shape index (κ2) is 15.5. The second-order valence-corrected chi connectivity index (χ2v) is 18.6. The highest BCUT2D eigenvalue weighted by Gasteiger charge is 2.21. The van der Waals surface area contributed by atoms with E-state index in [1.165, 1.54) is 64.1 Å². The van der Waals surface area contributed by atoms with Crippen molar-refractivity contribution in [2.45, 2.75) is 0 Å². The number of anilines is 3. The van der Waals surface area contributed by atoms with E-state index in [-0.39, 0.29) is 0 Å². The molecule has 3 aromatic heterocycles. The molecular formula is C64H40N2OS. The fourth-order valence-electron chi connectivity index (χ4n) is 10.7. The number of hydrogen-bond donors (Lipinski definition) is 0. The molecule has 4 heteroatoms. The topological polar surface area (TPSA) is 21.3 Å². The first-order valence-corrected chi connectivity index (χ1v) is 24.0. The summed E-state index contributed by atoms with van der Waals surface area (Å²) in [6.07, 6.45) is 0. The Balaban J connectivity index is 0.918. The molecule has 0 N–H and O–H groups in total. The van der Waals surface area contributed by atoms with Gasteiger partial charge in [-0.05, 0) is 100 Å². The lowest BCUT2D eigenvalue weighted by Crippen LogP contribution is -2.11. The highest BCUT2D eigenvalue weighted by Crippen LogP contribution is 2.46. The van der Waals surface area contributed by atoms with Gasteiger partial charge in [0.25, 0.3) is 0 Å². The van der Waals surface area contributed by atoms with Gasteiger partial charge in [-0.1, -0.05) is 170 Å². The van der Waals surface area contributed by atoms with E-state index in [0.717, 1.165) is 66.8 Å². The first kappa shape index (κ1) is 38.6. The number of para-hydroxylation sites is 4. The fourth-order valence-corrected chi connectivity index (χ4v) is 11.9. The van der Waals surface area contributed by atoms with Crippen LogP contribution in [0.15, 0.2) is 247 Å². The number of hydrogen-bond acceptors (Lipinski definition) is 3. The Morgan fingerprint density at radius 2 is 0.941 bits per heavy atom. The van der Waals surface area contributed by atoms with Gasteiger partial charge in [0.2, 0.25) is 0 Å². The molecule has 0 saturated heterocycles. The maximum absolute atomic E-state index is 6.57. The molecule has 0 atom stereocenters. The van der Waals surface area contributed by atoms with Crippen LogP contribution in [0.4, 0.5) is 17.1 Å². The Hall–Kier alpha value is -8.70. The van der Waals surface area contributed by atoms with Gasteiger partial charge >= 0.3 is 0 Å². The van der Waals surface area contributed by atoms with Gasteiger partial charge in [-0.15, -0.1) is 11.3 Å².